The van der Waals surface area contributed by atoms with Crippen LogP contribution >= 0.6 is 0 Å². The van der Waals surface area contributed by atoms with Crippen LogP contribution in [0.4, 0.5) is 13.2 Å². The maximum atomic E-state index is 12.7. The molecular formula is C16H13F3N4O. The fraction of sp³-hybridized carbons (Fsp3) is 0.312. The van der Waals surface area contributed by atoms with Crippen molar-refractivity contribution < 1.29 is 17.6 Å². The average Bonchev–Trinajstić information content (AvgIpc) is 2.95. The molecule has 0 spiro atoms. The topological polar surface area (TPSA) is 55.1 Å². The molecule has 2 aromatic heterocycles. The number of nitrogens with zero attached hydrogens (tertiary/aromatic N) is 4. The highest BCUT2D eigenvalue weighted by Gasteiger charge is 2.35. The molecule has 0 saturated heterocycles. The molecule has 0 saturated carbocycles. The van der Waals surface area contributed by atoms with E-state index >= 15 is 0 Å². The molecule has 0 atom stereocenters. The Hall–Kier alpha value is -2.48. The number of alkyl halides is 3. The Labute approximate surface area is 135 Å². The lowest BCUT2D eigenvalue weighted by molar-refractivity contribution is -0.145. The molecule has 0 bridgehead atoms. The molecule has 124 valence electrons. The second kappa shape index (κ2) is 5.55. The van der Waals surface area contributed by atoms with Crippen molar-refractivity contribution in [3.8, 4) is 0 Å². The largest absolute Gasteiger partial charge is 0.451 e. The number of benzene rings is 1. The van der Waals surface area contributed by atoms with Crippen LogP contribution in [0.25, 0.3) is 11.1 Å². The summed E-state index contributed by atoms with van der Waals surface area (Å²) in [5.41, 5.74) is 2.70. The summed E-state index contributed by atoms with van der Waals surface area (Å²) in [6.07, 6.45) is -2.80. The van der Waals surface area contributed by atoms with Crippen molar-refractivity contribution >= 4 is 11.1 Å². The Morgan fingerprint density at radius 3 is 2.79 bits per heavy atom. The van der Waals surface area contributed by atoms with E-state index in [1.807, 2.05) is 24.3 Å². The van der Waals surface area contributed by atoms with Gasteiger partial charge in [-0.25, -0.2) is 15.0 Å². The molecule has 0 radical (unpaired) electrons. The number of para-hydroxylation sites is 2. The van der Waals surface area contributed by atoms with E-state index in [0.29, 0.717) is 43.2 Å². The summed E-state index contributed by atoms with van der Waals surface area (Å²) in [5.74, 6) is -0.485. The first-order chi connectivity index (χ1) is 11.5. The van der Waals surface area contributed by atoms with Crippen LogP contribution < -0.4 is 0 Å². The maximum absolute atomic E-state index is 12.7. The molecule has 0 aliphatic carbocycles. The summed E-state index contributed by atoms with van der Waals surface area (Å²) in [6, 6.07) is 7.50. The van der Waals surface area contributed by atoms with Gasteiger partial charge >= 0.3 is 6.18 Å². The lowest BCUT2D eigenvalue weighted by Crippen LogP contribution is -2.31. The van der Waals surface area contributed by atoms with Crippen molar-refractivity contribution in [1.29, 1.82) is 0 Å². The molecule has 0 amide bonds. The van der Waals surface area contributed by atoms with Crippen LogP contribution in [0.3, 0.4) is 0 Å². The standard InChI is InChI=1S/C16H13F3N4O/c17-16(18,19)15-20-7-10-8-23(6-5-11(10)22-15)9-14-21-12-3-1-2-4-13(12)24-14/h1-4,7H,5-6,8-9H2. The normalized spacial score (nSPS) is 15.6. The van der Waals surface area contributed by atoms with E-state index in [4.69, 9.17) is 4.42 Å². The first-order valence-electron chi connectivity index (χ1n) is 7.48. The fourth-order valence-corrected chi connectivity index (χ4v) is 2.82. The number of aromatic nitrogens is 3. The molecule has 0 N–H and O–H groups in total. The quantitative estimate of drug-likeness (QED) is 0.720. The summed E-state index contributed by atoms with van der Waals surface area (Å²) < 4.78 is 43.7. The second-order valence-electron chi connectivity index (χ2n) is 5.70. The van der Waals surface area contributed by atoms with Crippen molar-refractivity contribution in [2.75, 3.05) is 6.54 Å². The van der Waals surface area contributed by atoms with Gasteiger partial charge in [-0.05, 0) is 12.1 Å². The van der Waals surface area contributed by atoms with Gasteiger partial charge in [0.15, 0.2) is 5.58 Å². The van der Waals surface area contributed by atoms with E-state index in [1.165, 1.54) is 6.20 Å². The van der Waals surface area contributed by atoms with E-state index in [2.05, 4.69) is 19.9 Å². The monoisotopic (exact) mass is 334 g/mol. The van der Waals surface area contributed by atoms with Crippen molar-refractivity contribution in [1.82, 2.24) is 19.9 Å². The van der Waals surface area contributed by atoms with Crippen molar-refractivity contribution in [2.24, 2.45) is 0 Å². The molecule has 5 nitrogen and oxygen atoms in total. The minimum atomic E-state index is -4.51. The lowest BCUT2D eigenvalue weighted by atomic mass is 10.1. The van der Waals surface area contributed by atoms with Gasteiger partial charge in [-0.2, -0.15) is 13.2 Å². The van der Waals surface area contributed by atoms with Gasteiger partial charge in [0.1, 0.15) is 5.52 Å². The van der Waals surface area contributed by atoms with Crippen LogP contribution in [0.15, 0.2) is 34.9 Å². The zero-order valence-electron chi connectivity index (χ0n) is 12.5. The predicted molar refractivity (Wildman–Crippen MR) is 78.9 cm³/mol. The number of rotatable bonds is 2. The van der Waals surface area contributed by atoms with Gasteiger partial charge in [0.25, 0.3) is 0 Å². The molecule has 0 fully saturated rings. The summed E-state index contributed by atoms with van der Waals surface area (Å²) >= 11 is 0. The minimum absolute atomic E-state index is 0.446. The zero-order chi connectivity index (χ0) is 16.7. The highest BCUT2D eigenvalue weighted by atomic mass is 19.4. The van der Waals surface area contributed by atoms with Crippen LogP contribution in [0.5, 0.6) is 0 Å². The van der Waals surface area contributed by atoms with Gasteiger partial charge in [-0.1, -0.05) is 12.1 Å². The van der Waals surface area contributed by atoms with Crippen LogP contribution in [-0.2, 0) is 25.7 Å². The van der Waals surface area contributed by atoms with Gasteiger partial charge in [-0.15, -0.1) is 0 Å². The highest BCUT2D eigenvalue weighted by molar-refractivity contribution is 5.72. The first-order valence-corrected chi connectivity index (χ1v) is 7.48. The predicted octanol–water partition coefficient (Wildman–Crippen LogP) is 3.19. The van der Waals surface area contributed by atoms with E-state index in [9.17, 15) is 13.2 Å². The van der Waals surface area contributed by atoms with Gasteiger partial charge in [0, 0.05) is 31.3 Å². The van der Waals surface area contributed by atoms with E-state index in [0.717, 1.165) is 11.1 Å². The van der Waals surface area contributed by atoms with Gasteiger partial charge < -0.3 is 4.42 Å². The van der Waals surface area contributed by atoms with Gasteiger partial charge in [0.05, 0.1) is 12.2 Å². The number of oxazole rings is 1. The van der Waals surface area contributed by atoms with Crippen LogP contribution in [0.1, 0.15) is 23.0 Å². The average molecular weight is 334 g/mol. The summed E-state index contributed by atoms with van der Waals surface area (Å²) in [5, 5.41) is 0. The number of hydrogen-bond acceptors (Lipinski definition) is 5. The molecule has 1 aliphatic rings. The molecule has 1 aromatic carbocycles. The van der Waals surface area contributed by atoms with Crippen LogP contribution in [-0.4, -0.2) is 26.4 Å². The Morgan fingerprint density at radius 1 is 1.17 bits per heavy atom. The molecule has 8 heteroatoms. The molecular weight excluding hydrogens is 321 g/mol. The summed E-state index contributed by atoms with van der Waals surface area (Å²) in [4.78, 5) is 13.6. The molecule has 24 heavy (non-hydrogen) atoms. The van der Waals surface area contributed by atoms with Gasteiger partial charge in [0.2, 0.25) is 11.7 Å². The third kappa shape index (κ3) is 2.84. The number of hydrogen-bond donors (Lipinski definition) is 0. The molecule has 3 heterocycles. The third-order valence-electron chi connectivity index (χ3n) is 3.96. The second-order valence-corrected chi connectivity index (χ2v) is 5.70. The van der Waals surface area contributed by atoms with Crippen molar-refractivity contribution in [3.05, 3.63) is 53.4 Å². The van der Waals surface area contributed by atoms with E-state index in [-0.39, 0.29) is 0 Å². The smallest absolute Gasteiger partial charge is 0.439 e. The molecule has 4 rings (SSSR count). The molecule has 3 aromatic rings. The summed E-state index contributed by atoms with van der Waals surface area (Å²) in [7, 11) is 0. The number of halogens is 3. The minimum Gasteiger partial charge on any atom is -0.439 e. The Kier molecular flexibility index (Phi) is 3.49. The van der Waals surface area contributed by atoms with Crippen molar-refractivity contribution in [3.63, 3.8) is 0 Å². The van der Waals surface area contributed by atoms with E-state index in [1.54, 1.807) is 0 Å². The third-order valence-corrected chi connectivity index (χ3v) is 3.96. The van der Waals surface area contributed by atoms with Gasteiger partial charge in [-0.3, -0.25) is 4.90 Å². The lowest BCUT2D eigenvalue weighted by Gasteiger charge is -2.26. The zero-order valence-corrected chi connectivity index (χ0v) is 12.5. The number of fused-ring (bicyclic) bond motifs is 2. The first kappa shape index (κ1) is 15.1. The maximum Gasteiger partial charge on any atom is 0.451 e. The Balaban J connectivity index is 1.52. The summed E-state index contributed by atoms with van der Waals surface area (Å²) in [6.45, 7) is 1.57. The van der Waals surface area contributed by atoms with Crippen LogP contribution in [0.2, 0.25) is 0 Å². The fourth-order valence-electron chi connectivity index (χ4n) is 2.82. The van der Waals surface area contributed by atoms with Crippen LogP contribution in [0, 0.1) is 0 Å². The highest BCUT2D eigenvalue weighted by Crippen LogP contribution is 2.28. The van der Waals surface area contributed by atoms with E-state index < -0.39 is 12.0 Å². The molecule has 0 unspecified atom stereocenters. The SMILES string of the molecule is FC(F)(F)c1ncc2c(n1)CCN(Cc1nc3ccccc3o1)C2. The Morgan fingerprint density at radius 2 is 2.00 bits per heavy atom. The van der Waals surface area contributed by atoms with Crippen molar-refractivity contribution in [2.45, 2.75) is 25.7 Å². The Bertz CT molecular complexity index is 857. The molecule has 1 aliphatic heterocycles.